The third kappa shape index (κ3) is 3.31. The van der Waals surface area contributed by atoms with Crippen molar-refractivity contribution in [1.29, 1.82) is 0 Å². The summed E-state index contributed by atoms with van der Waals surface area (Å²) < 4.78 is 0. The standard InChI is InChI=1S/C16H21N3/c1-12(10-19-15-7-8-15)18-11-14-5-2-4-13-6-3-9-17-16(13)14/h2-6,9,12,15,18-19H,7-8,10-11H2,1H3. The van der Waals surface area contributed by atoms with Crippen LogP contribution in [0.25, 0.3) is 10.9 Å². The van der Waals surface area contributed by atoms with E-state index in [1.54, 1.807) is 0 Å². The van der Waals surface area contributed by atoms with Crippen LogP contribution in [0.2, 0.25) is 0 Å². The van der Waals surface area contributed by atoms with Crippen LogP contribution in [-0.2, 0) is 6.54 Å². The van der Waals surface area contributed by atoms with E-state index in [-0.39, 0.29) is 0 Å². The number of nitrogens with zero attached hydrogens (tertiary/aromatic N) is 1. The molecule has 0 bridgehead atoms. The molecule has 1 aromatic carbocycles. The molecule has 0 aliphatic heterocycles. The summed E-state index contributed by atoms with van der Waals surface area (Å²) in [4.78, 5) is 4.49. The highest BCUT2D eigenvalue weighted by atomic mass is 15.0. The smallest absolute Gasteiger partial charge is 0.0746 e. The van der Waals surface area contributed by atoms with Crippen molar-refractivity contribution < 1.29 is 0 Å². The van der Waals surface area contributed by atoms with Crippen molar-refractivity contribution in [3.05, 3.63) is 42.1 Å². The monoisotopic (exact) mass is 255 g/mol. The first-order chi connectivity index (χ1) is 9.33. The van der Waals surface area contributed by atoms with Gasteiger partial charge < -0.3 is 10.6 Å². The first kappa shape index (κ1) is 12.6. The van der Waals surface area contributed by atoms with Gasteiger partial charge in [0.15, 0.2) is 0 Å². The van der Waals surface area contributed by atoms with E-state index in [0.29, 0.717) is 6.04 Å². The normalized spacial score (nSPS) is 16.7. The van der Waals surface area contributed by atoms with Gasteiger partial charge in [-0.2, -0.15) is 0 Å². The molecule has 19 heavy (non-hydrogen) atoms. The van der Waals surface area contributed by atoms with Crippen molar-refractivity contribution in [2.75, 3.05) is 6.54 Å². The molecule has 3 heteroatoms. The van der Waals surface area contributed by atoms with Gasteiger partial charge in [0.2, 0.25) is 0 Å². The zero-order chi connectivity index (χ0) is 13.1. The highest BCUT2D eigenvalue weighted by Gasteiger charge is 2.20. The van der Waals surface area contributed by atoms with Crippen LogP contribution in [-0.4, -0.2) is 23.6 Å². The second-order valence-electron chi connectivity index (χ2n) is 5.46. The van der Waals surface area contributed by atoms with Gasteiger partial charge >= 0.3 is 0 Å². The molecule has 1 aromatic heterocycles. The average Bonchev–Trinajstić information content (AvgIpc) is 3.27. The summed E-state index contributed by atoms with van der Waals surface area (Å²) in [5.74, 6) is 0. The Kier molecular flexibility index (Phi) is 3.76. The number of aromatic nitrogens is 1. The van der Waals surface area contributed by atoms with Crippen molar-refractivity contribution in [2.24, 2.45) is 0 Å². The maximum Gasteiger partial charge on any atom is 0.0746 e. The quantitative estimate of drug-likeness (QED) is 0.832. The topological polar surface area (TPSA) is 37.0 Å². The molecule has 1 atom stereocenters. The second-order valence-corrected chi connectivity index (χ2v) is 5.46. The summed E-state index contributed by atoms with van der Waals surface area (Å²) in [7, 11) is 0. The first-order valence-corrected chi connectivity index (χ1v) is 7.12. The van der Waals surface area contributed by atoms with Crippen molar-refractivity contribution in [1.82, 2.24) is 15.6 Å². The number of fused-ring (bicyclic) bond motifs is 1. The third-order valence-electron chi connectivity index (χ3n) is 3.65. The number of rotatable bonds is 6. The van der Waals surface area contributed by atoms with E-state index in [9.17, 15) is 0 Å². The van der Waals surface area contributed by atoms with E-state index in [0.717, 1.165) is 24.6 Å². The van der Waals surface area contributed by atoms with Gasteiger partial charge in [-0.05, 0) is 31.4 Å². The molecule has 1 aliphatic carbocycles. The number of benzene rings is 1. The molecular formula is C16H21N3. The molecule has 1 aliphatic rings. The highest BCUT2D eigenvalue weighted by Crippen LogP contribution is 2.18. The van der Waals surface area contributed by atoms with Crippen LogP contribution in [0.15, 0.2) is 36.5 Å². The highest BCUT2D eigenvalue weighted by molar-refractivity contribution is 5.81. The van der Waals surface area contributed by atoms with Gasteiger partial charge in [-0.25, -0.2) is 0 Å². The molecule has 3 nitrogen and oxygen atoms in total. The molecule has 2 aromatic rings. The SMILES string of the molecule is CC(CNC1CC1)NCc1cccc2cccnc12. The van der Waals surface area contributed by atoms with Gasteiger partial charge in [0.25, 0.3) is 0 Å². The van der Waals surface area contributed by atoms with Gasteiger partial charge in [0.05, 0.1) is 5.52 Å². The molecule has 3 rings (SSSR count). The first-order valence-electron chi connectivity index (χ1n) is 7.12. The van der Waals surface area contributed by atoms with E-state index >= 15 is 0 Å². The van der Waals surface area contributed by atoms with Crippen LogP contribution in [0.4, 0.5) is 0 Å². The van der Waals surface area contributed by atoms with E-state index in [2.05, 4.69) is 46.8 Å². The predicted molar refractivity (Wildman–Crippen MR) is 79.1 cm³/mol. The fourth-order valence-corrected chi connectivity index (χ4v) is 2.30. The molecule has 100 valence electrons. The van der Waals surface area contributed by atoms with Crippen LogP contribution in [0.3, 0.4) is 0 Å². The van der Waals surface area contributed by atoms with Gasteiger partial charge in [0.1, 0.15) is 0 Å². The van der Waals surface area contributed by atoms with Crippen molar-refractivity contribution in [3.8, 4) is 0 Å². The fraction of sp³-hybridized carbons (Fsp3) is 0.438. The lowest BCUT2D eigenvalue weighted by Gasteiger charge is -2.15. The Morgan fingerprint density at radius 1 is 1.26 bits per heavy atom. The number of para-hydroxylation sites is 1. The van der Waals surface area contributed by atoms with E-state index in [1.165, 1.54) is 23.8 Å². The summed E-state index contributed by atoms with van der Waals surface area (Å²) in [5.41, 5.74) is 2.39. The molecule has 0 radical (unpaired) electrons. The van der Waals surface area contributed by atoms with E-state index in [1.807, 2.05) is 12.3 Å². The van der Waals surface area contributed by atoms with Crippen LogP contribution >= 0.6 is 0 Å². The maximum absolute atomic E-state index is 4.49. The average molecular weight is 255 g/mol. The fourth-order valence-electron chi connectivity index (χ4n) is 2.30. The summed E-state index contributed by atoms with van der Waals surface area (Å²) >= 11 is 0. The Balaban J connectivity index is 1.61. The number of nitrogens with one attached hydrogen (secondary N) is 2. The third-order valence-corrected chi connectivity index (χ3v) is 3.65. The number of pyridine rings is 1. The predicted octanol–water partition coefficient (Wildman–Crippen LogP) is 2.46. The molecule has 0 amide bonds. The molecule has 1 unspecified atom stereocenters. The Hall–Kier alpha value is -1.45. The Labute approximate surface area is 114 Å². The minimum Gasteiger partial charge on any atom is -0.312 e. The summed E-state index contributed by atoms with van der Waals surface area (Å²) in [6.07, 6.45) is 4.56. The summed E-state index contributed by atoms with van der Waals surface area (Å²) in [6.45, 7) is 4.15. The van der Waals surface area contributed by atoms with E-state index < -0.39 is 0 Å². The van der Waals surface area contributed by atoms with Crippen LogP contribution in [0, 0.1) is 0 Å². The van der Waals surface area contributed by atoms with Crippen LogP contribution in [0.5, 0.6) is 0 Å². The van der Waals surface area contributed by atoms with E-state index in [4.69, 9.17) is 0 Å². The zero-order valence-electron chi connectivity index (χ0n) is 11.4. The molecular weight excluding hydrogens is 234 g/mol. The second kappa shape index (κ2) is 5.68. The molecule has 1 saturated carbocycles. The Morgan fingerprint density at radius 2 is 2.11 bits per heavy atom. The minimum absolute atomic E-state index is 0.486. The molecule has 1 heterocycles. The molecule has 2 N–H and O–H groups in total. The molecule has 1 fully saturated rings. The van der Waals surface area contributed by atoms with Gasteiger partial charge in [-0.15, -0.1) is 0 Å². The van der Waals surface area contributed by atoms with Crippen LogP contribution < -0.4 is 10.6 Å². The van der Waals surface area contributed by atoms with Gasteiger partial charge in [-0.1, -0.05) is 24.3 Å². The van der Waals surface area contributed by atoms with Crippen LogP contribution in [0.1, 0.15) is 25.3 Å². The summed E-state index contributed by atoms with van der Waals surface area (Å²) in [6, 6.07) is 11.7. The van der Waals surface area contributed by atoms with Crippen molar-refractivity contribution in [2.45, 2.75) is 38.4 Å². The zero-order valence-corrected chi connectivity index (χ0v) is 11.4. The maximum atomic E-state index is 4.49. The largest absolute Gasteiger partial charge is 0.312 e. The Morgan fingerprint density at radius 3 is 2.95 bits per heavy atom. The molecule has 0 saturated heterocycles. The summed E-state index contributed by atoms with van der Waals surface area (Å²) in [5, 5.41) is 8.34. The van der Waals surface area contributed by atoms with Gasteiger partial charge in [-0.3, -0.25) is 4.98 Å². The van der Waals surface area contributed by atoms with Crippen molar-refractivity contribution in [3.63, 3.8) is 0 Å². The lowest BCUT2D eigenvalue weighted by atomic mass is 10.1. The minimum atomic E-state index is 0.486. The number of hydrogen-bond donors (Lipinski definition) is 2. The number of hydrogen-bond acceptors (Lipinski definition) is 3. The lowest BCUT2D eigenvalue weighted by molar-refractivity contribution is 0.500. The molecule has 0 spiro atoms. The van der Waals surface area contributed by atoms with Crippen molar-refractivity contribution >= 4 is 10.9 Å². The van der Waals surface area contributed by atoms with Gasteiger partial charge in [0, 0.05) is 36.8 Å². The lowest BCUT2D eigenvalue weighted by Crippen LogP contribution is -2.36. The Bertz CT molecular complexity index is 543.